The molecule has 1 saturated heterocycles. The van der Waals surface area contributed by atoms with Gasteiger partial charge in [-0.25, -0.2) is 33.4 Å². The van der Waals surface area contributed by atoms with Gasteiger partial charge in [-0.2, -0.15) is 0 Å². The van der Waals surface area contributed by atoms with Crippen LogP contribution in [0.2, 0.25) is 5.02 Å². The lowest BCUT2D eigenvalue weighted by Crippen LogP contribution is -2.53. The molecule has 0 radical (unpaired) electrons. The molecule has 62 heavy (non-hydrogen) atoms. The zero-order valence-corrected chi connectivity index (χ0v) is 34.6. The third kappa shape index (κ3) is 5.48. The van der Waals surface area contributed by atoms with Crippen molar-refractivity contribution in [2.45, 2.75) is 43.3 Å². The summed E-state index contributed by atoms with van der Waals surface area (Å²) in [4.78, 5) is 79.3. The number of carbonyl (C=O) groups is 2. The summed E-state index contributed by atoms with van der Waals surface area (Å²) in [6.45, 7) is -0.207. The fourth-order valence-corrected chi connectivity index (χ4v) is 10.4. The van der Waals surface area contributed by atoms with E-state index in [0.717, 1.165) is 9.95 Å². The molecule has 5 aromatic carbocycles. The van der Waals surface area contributed by atoms with Crippen molar-refractivity contribution >= 4 is 50.9 Å². The first-order valence-electron chi connectivity index (χ1n) is 20.1. The molecule has 2 aliphatic heterocycles. The average Bonchev–Trinajstić information content (AvgIpc) is 3.67. The Labute approximate surface area is 358 Å². The van der Waals surface area contributed by atoms with Crippen LogP contribution in [-0.4, -0.2) is 54.6 Å². The maximum Gasteiger partial charge on any atom is 0.347 e. The number of fused-ring (bicyclic) bond motifs is 6. The van der Waals surface area contributed by atoms with E-state index in [1.807, 2.05) is 60.7 Å². The van der Waals surface area contributed by atoms with E-state index in [0.29, 0.717) is 55.3 Å². The molecule has 0 unspecified atom stereocenters. The molecular formula is C47H39ClN6O8. The second-order valence-electron chi connectivity index (χ2n) is 15.9. The fraction of sp³-hybridized carbons (Fsp3) is 0.234. The molecule has 1 saturated carbocycles. The van der Waals surface area contributed by atoms with Crippen molar-refractivity contribution in [1.29, 1.82) is 0 Å². The van der Waals surface area contributed by atoms with E-state index in [1.54, 1.807) is 55.6 Å². The molecular weight excluding hydrogens is 812 g/mol. The first-order chi connectivity index (χ1) is 30.0. The van der Waals surface area contributed by atoms with Gasteiger partial charge in [-0.3, -0.25) is 14.4 Å². The fourth-order valence-electron chi connectivity index (χ4n) is 10.2. The predicted octanol–water partition coefficient (Wildman–Crippen LogP) is 5.63. The minimum atomic E-state index is -1.60. The van der Waals surface area contributed by atoms with Crippen LogP contribution < -0.4 is 31.3 Å². The van der Waals surface area contributed by atoms with Crippen molar-refractivity contribution in [1.82, 2.24) is 23.5 Å². The zero-order chi connectivity index (χ0) is 43.2. The van der Waals surface area contributed by atoms with Crippen LogP contribution in [0.4, 0.5) is 5.69 Å². The van der Waals surface area contributed by atoms with E-state index >= 15 is 9.59 Å². The van der Waals surface area contributed by atoms with Crippen LogP contribution >= 0.6 is 11.6 Å². The van der Waals surface area contributed by atoms with E-state index in [-0.39, 0.29) is 37.4 Å². The summed E-state index contributed by atoms with van der Waals surface area (Å²) in [5.74, 6) is -2.28. The summed E-state index contributed by atoms with van der Waals surface area (Å²) in [5.41, 5.74) is -0.246. The number of aromatic nitrogens is 5. The predicted molar refractivity (Wildman–Crippen MR) is 232 cm³/mol. The van der Waals surface area contributed by atoms with Crippen LogP contribution in [0.5, 0.6) is 17.2 Å². The van der Waals surface area contributed by atoms with Crippen LogP contribution in [0, 0.1) is 5.92 Å². The molecule has 15 heteroatoms. The highest BCUT2D eigenvalue weighted by Gasteiger charge is 2.69. The SMILES string of the molecule is COc1cc2nc(CCn3c(=O)n4n(c3=O)[C@@H]3C[C@H]5C(=O)N(c6cccc(Cl)c6)C(=O)[C@@]5(c5ccccc5)[C@@H](c5c(O)ccc6ccccc56)C3=CC4)c(=O)n(C)c2cc1OC. The minimum Gasteiger partial charge on any atom is -0.508 e. The van der Waals surface area contributed by atoms with E-state index in [9.17, 15) is 19.5 Å². The largest absolute Gasteiger partial charge is 0.508 e. The molecule has 14 nitrogen and oxygen atoms in total. The van der Waals surface area contributed by atoms with E-state index in [1.165, 1.54) is 33.1 Å². The third-order valence-electron chi connectivity index (χ3n) is 13.0. The molecule has 7 aromatic rings. The molecule has 10 rings (SSSR count). The summed E-state index contributed by atoms with van der Waals surface area (Å²) in [6.07, 6.45) is 1.78. The number of aryl methyl sites for hydroxylation is 2. The number of imide groups is 1. The number of carbonyl (C=O) groups excluding carboxylic acids is 2. The Morgan fingerprint density at radius 2 is 1.60 bits per heavy atom. The number of amides is 2. The molecule has 1 N–H and O–H groups in total. The number of hydrogen-bond donors (Lipinski definition) is 1. The Morgan fingerprint density at radius 3 is 2.35 bits per heavy atom. The number of phenols is 1. The maximum absolute atomic E-state index is 15.7. The topological polar surface area (TPSA) is 160 Å². The highest BCUT2D eigenvalue weighted by Crippen LogP contribution is 2.64. The van der Waals surface area contributed by atoms with Gasteiger partial charge in [0.15, 0.2) is 11.5 Å². The molecule has 2 amide bonds. The molecule has 4 atom stereocenters. The van der Waals surface area contributed by atoms with Crippen molar-refractivity contribution in [2.75, 3.05) is 19.1 Å². The number of phenolic OH excluding ortho intramolecular Hbond substituents is 1. The van der Waals surface area contributed by atoms with Gasteiger partial charge in [-0.15, -0.1) is 0 Å². The molecule has 0 spiro atoms. The third-order valence-corrected chi connectivity index (χ3v) is 13.2. The Kier molecular flexibility index (Phi) is 9.10. The van der Waals surface area contributed by atoms with Crippen LogP contribution in [-0.2, 0) is 41.6 Å². The van der Waals surface area contributed by atoms with Crippen LogP contribution in [0.25, 0.3) is 21.8 Å². The Balaban J connectivity index is 1.15. The first-order valence-corrected chi connectivity index (χ1v) is 20.5. The van der Waals surface area contributed by atoms with Crippen molar-refractivity contribution in [3.05, 3.63) is 168 Å². The highest BCUT2D eigenvalue weighted by atomic mass is 35.5. The first kappa shape index (κ1) is 39.0. The molecule has 312 valence electrons. The molecule has 3 aliphatic rings. The number of halogens is 1. The van der Waals surface area contributed by atoms with Gasteiger partial charge in [0.25, 0.3) is 5.56 Å². The Bertz CT molecular complexity index is 3260. The van der Waals surface area contributed by atoms with Gasteiger partial charge >= 0.3 is 11.4 Å². The van der Waals surface area contributed by atoms with Crippen molar-refractivity contribution in [3.8, 4) is 17.2 Å². The molecule has 1 aliphatic carbocycles. The molecule has 0 bridgehead atoms. The number of rotatable bonds is 8. The number of anilines is 1. The Morgan fingerprint density at radius 1 is 0.855 bits per heavy atom. The van der Waals surface area contributed by atoms with Gasteiger partial charge in [0.2, 0.25) is 11.8 Å². The number of hydrogen-bond acceptors (Lipinski definition) is 9. The van der Waals surface area contributed by atoms with Crippen LogP contribution in [0.1, 0.15) is 35.2 Å². The van der Waals surface area contributed by atoms with E-state index in [4.69, 9.17) is 21.1 Å². The monoisotopic (exact) mass is 850 g/mol. The zero-order valence-electron chi connectivity index (χ0n) is 33.8. The quantitative estimate of drug-likeness (QED) is 0.151. The van der Waals surface area contributed by atoms with Gasteiger partial charge < -0.3 is 19.1 Å². The molecule has 4 heterocycles. The van der Waals surface area contributed by atoms with Crippen LogP contribution in [0.15, 0.2) is 129 Å². The van der Waals surface area contributed by atoms with Gasteiger partial charge in [-0.05, 0) is 52.6 Å². The lowest BCUT2D eigenvalue weighted by molar-refractivity contribution is -0.124. The minimum absolute atomic E-state index is 0.0220. The molecule has 2 aromatic heterocycles. The normalized spacial score (nSPS) is 20.5. The van der Waals surface area contributed by atoms with Gasteiger partial charge in [0.1, 0.15) is 11.4 Å². The summed E-state index contributed by atoms with van der Waals surface area (Å²) < 4.78 is 16.1. The van der Waals surface area contributed by atoms with Gasteiger partial charge in [-0.1, -0.05) is 84.4 Å². The maximum atomic E-state index is 15.7. The number of ether oxygens (including phenoxy) is 2. The summed E-state index contributed by atoms with van der Waals surface area (Å²) in [6, 6.07) is 29.0. The summed E-state index contributed by atoms with van der Waals surface area (Å²) >= 11 is 6.46. The number of allylic oxidation sites excluding steroid dienone is 2. The standard InChI is InChI=1S/C47H39ClN6O8/c1-50-36-25-39(62-3)38(61-2)24-34(36)49-33(43(50)57)19-20-51-45(59)52-21-18-31-35(54(52)46(51)60)23-32-42(56)53(29-14-9-13-28(48)22-29)44(58)47(32,27-11-5-4-6-12-27)41(31)40-30-15-8-7-10-26(30)16-17-37(40)55/h4-18,22,24-25,32,35,41,55H,19-21,23H2,1-3H3/t32-,35+,41+,47+/m0/s1. The smallest absolute Gasteiger partial charge is 0.347 e. The number of nitrogens with zero attached hydrogens (tertiary/aromatic N) is 6. The number of aromatic hydroxyl groups is 1. The second kappa shape index (κ2) is 14.5. The second-order valence-corrected chi connectivity index (χ2v) is 16.3. The van der Waals surface area contributed by atoms with Gasteiger partial charge in [0, 0.05) is 48.6 Å². The highest BCUT2D eigenvalue weighted by molar-refractivity contribution is 6.32. The van der Waals surface area contributed by atoms with Crippen molar-refractivity contribution in [2.24, 2.45) is 13.0 Å². The molecule has 2 fully saturated rings. The van der Waals surface area contributed by atoms with Crippen molar-refractivity contribution in [3.63, 3.8) is 0 Å². The number of benzene rings is 5. The average molecular weight is 851 g/mol. The van der Waals surface area contributed by atoms with Crippen molar-refractivity contribution < 1.29 is 24.2 Å². The summed E-state index contributed by atoms with van der Waals surface area (Å²) in [7, 11) is 4.61. The van der Waals surface area contributed by atoms with E-state index < -0.39 is 52.0 Å². The lowest BCUT2D eigenvalue weighted by atomic mass is 9.52. The van der Waals surface area contributed by atoms with Gasteiger partial charge in [0.05, 0.1) is 54.9 Å². The lowest BCUT2D eigenvalue weighted by Gasteiger charge is -2.49. The van der Waals surface area contributed by atoms with Crippen LogP contribution in [0.3, 0.4) is 0 Å². The number of methoxy groups -OCH3 is 2. The van der Waals surface area contributed by atoms with E-state index in [2.05, 4.69) is 4.98 Å². The Hall–Kier alpha value is -7.19. The summed E-state index contributed by atoms with van der Waals surface area (Å²) in [5, 5.41) is 13.8.